The number of amides is 16. The van der Waals surface area contributed by atoms with E-state index in [1.54, 1.807) is 61.7 Å². The highest BCUT2D eigenvalue weighted by Crippen LogP contribution is 2.24. The lowest BCUT2D eigenvalue weighted by atomic mass is 10.0. The number of nitrogens with zero attached hydrogens (tertiary/aromatic N) is 4. The Hall–Kier alpha value is -12.4. The van der Waals surface area contributed by atoms with Crippen molar-refractivity contribution in [1.29, 1.82) is 5.41 Å². The van der Waals surface area contributed by atoms with Crippen LogP contribution in [0.1, 0.15) is 204 Å². The fourth-order valence-corrected chi connectivity index (χ4v) is 15.2. The normalized spacial score (nSPS) is 19.1. The average Bonchev–Trinajstić information content (AvgIpc) is 1.67. The molecule has 2 aromatic heterocycles. The highest BCUT2D eigenvalue weighted by Gasteiger charge is 2.44. The number of aliphatic hydroxyl groups is 3. The number of ether oxygens (including phenoxy) is 2. The lowest BCUT2D eigenvalue weighted by Gasteiger charge is -2.31. The lowest BCUT2D eigenvalue weighted by Crippen LogP contribution is -2.62. The molecule has 46 heteroatoms. The maximum absolute atomic E-state index is 15.2. The number of hydrogen-bond donors (Lipinski definition) is 24. The van der Waals surface area contributed by atoms with Crippen molar-refractivity contribution in [1.82, 2.24) is 105 Å². The van der Waals surface area contributed by atoms with Crippen LogP contribution >= 0.6 is 0 Å². The third kappa shape index (κ3) is 41.4. The number of nitrogens with one attached hydrogen (secondary N) is 17. The molecule has 0 unspecified atom stereocenters. The summed E-state index contributed by atoms with van der Waals surface area (Å²) < 4.78 is 10.8. The number of aliphatic hydroxyl groups excluding tert-OH is 3. The number of aryl methyl sites for hydroxylation is 1. The van der Waals surface area contributed by atoms with Gasteiger partial charge in [0.25, 0.3) is 0 Å². The van der Waals surface area contributed by atoms with Crippen LogP contribution in [-0.2, 0) is 105 Å². The van der Waals surface area contributed by atoms with Crippen LogP contribution in [0.4, 0.5) is 0 Å². The molecule has 742 valence electrons. The number of rotatable bonds is 55. The summed E-state index contributed by atoms with van der Waals surface area (Å²) in [4.78, 5) is 226. The molecule has 46 nitrogen and oxygen atoms in total. The van der Waals surface area contributed by atoms with Crippen molar-refractivity contribution in [2.45, 2.75) is 285 Å². The van der Waals surface area contributed by atoms with E-state index in [0.717, 1.165) is 56.2 Å². The maximum Gasteiger partial charge on any atom is 0.246 e. The zero-order valence-corrected chi connectivity index (χ0v) is 76.6. The summed E-state index contributed by atoms with van der Waals surface area (Å²) in [6.07, 6.45) is 12.8. The number of tetrazole rings is 1. The van der Waals surface area contributed by atoms with E-state index in [1.807, 2.05) is 6.07 Å². The van der Waals surface area contributed by atoms with Crippen molar-refractivity contribution >= 4 is 111 Å². The van der Waals surface area contributed by atoms with Gasteiger partial charge in [-0.15, -0.1) is 5.10 Å². The molecule has 0 bridgehead atoms. The topological polar surface area (TPSA) is 722 Å². The van der Waals surface area contributed by atoms with Gasteiger partial charge in [0.2, 0.25) is 94.5 Å². The van der Waals surface area contributed by atoms with Crippen molar-refractivity contribution in [2.24, 2.45) is 22.9 Å². The number of unbranched alkanes of at least 4 members (excludes halogenated alkanes) is 13. The van der Waals surface area contributed by atoms with Crippen molar-refractivity contribution in [2.75, 3.05) is 72.3 Å². The van der Waals surface area contributed by atoms with Crippen LogP contribution in [0.15, 0.2) is 60.8 Å². The second-order valence-electron chi connectivity index (χ2n) is 33.6. The lowest BCUT2D eigenvalue weighted by molar-refractivity contribution is -0.143. The molecule has 0 saturated carbocycles. The Kier molecular flexibility index (Phi) is 50.6. The van der Waals surface area contributed by atoms with E-state index in [-0.39, 0.29) is 109 Å². The predicted octanol–water partition coefficient (Wildman–Crippen LogP) is -4.14. The minimum atomic E-state index is -1.92. The summed E-state index contributed by atoms with van der Waals surface area (Å²) in [5, 5.41) is 90.5. The van der Waals surface area contributed by atoms with Crippen LogP contribution in [0.3, 0.4) is 0 Å². The zero-order valence-electron chi connectivity index (χ0n) is 76.6. The van der Waals surface area contributed by atoms with Gasteiger partial charge in [0.05, 0.1) is 45.2 Å². The van der Waals surface area contributed by atoms with Crippen LogP contribution < -0.4 is 97.4 Å². The van der Waals surface area contributed by atoms with Crippen LogP contribution in [0.2, 0.25) is 0 Å². The molecule has 16 amide bonds. The fraction of sp³-hybridized carbons (Fsp3) is 0.636. The first-order chi connectivity index (χ1) is 64.4. The summed E-state index contributed by atoms with van der Waals surface area (Å²) in [5.74, 6) is -14.3. The third-order valence-electron chi connectivity index (χ3n) is 22.7. The highest BCUT2D eigenvalue weighted by molar-refractivity contribution is 6.01. The SMILES string of the molecule is CCCC[C@H](NC(=O)[C@H](CO)NC(=O)[C@H](CN)NC(=O)[C@H](CCC(N)=O)NC(=O)[C@@H](NC(=O)CNC(=O)COCCOCCNC(=O)CCCCCCCCCCCCCCCc1nnn[nH]1)[C@@H](C)O)C(=O)N[C@H]1CCC(=O)NCCCC[C@@H](C(N)=O)NC(=O)[C@H](Cc2c[nH]c3ccccc23)NC(=O)[C@H](CCCNC(=N)N)NC(=O)[C@@H](Cc2ccccc2)NC(=O)[C@@H]2C[C@@H](O)CN2C1=O. The van der Waals surface area contributed by atoms with Crippen LogP contribution in [0, 0.1) is 5.41 Å². The fourth-order valence-electron chi connectivity index (χ4n) is 15.2. The Morgan fingerprint density at radius 2 is 1.22 bits per heavy atom. The first-order valence-corrected chi connectivity index (χ1v) is 46.3. The van der Waals surface area contributed by atoms with Crippen LogP contribution in [0.5, 0.6) is 0 Å². The van der Waals surface area contributed by atoms with Crippen molar-refractivity contribution in [3.63, 3.8) is 0 Å². The summed E-state index contributed by atoms with van der Waals surface area (Å²) >= 11 is 0. The minimum Gasteiger partial charge on any atom is -0.394 e. The largest absolute Gasteiger partial charge is 0.394 e. The van der Waals surface area contributed by atoms with Crippen molar-refractivity contribution < 1.29 is 102 Å². The molecule has 2 aliphatic rings. The summed E-state index contributed by atoms with van der Waals surface area (Å²) in [5.41, 5.74) is 24.6. The predicted molar refractivity (Wildman–Crippen MR) is 488 cm³/mol. The van der Waals surface area contributed by atoms with Crippen molar-refractivity contribution in [3.8, 4) is 0 Å². The molecule has 6 rings (SSSR count). The Labute approximate surface area is 778 Å². The number of carbonyl (C=O) groups is 16. The minimum absolute atomic E-state index is 0.0168. The standard InChI is InChI=1S/C88H139N25O21/c1-3-4-29-61(101-84(129)68(52-114)107-83(128)67(48-89)106-80(125)63(35-37-70(90)117)102-86(131)76(54(2)115)108-74(120)50-98-75(121)53-134-44-43-133-42-41-95-72(118)34-20-15-13-11-9-7-5-6-8-10-12-14-19-33-71-109-111-112-110-71)78(123)103-64-36-38-73(119)94-39-24-23-31-60(77(91)122)99-82(127)66(46-56-49-97-59-30-22-21-28-58(56)59)104-79(124)62(32-25-40-96-88(92)93)100-81(126)65(45-55-26-17-16-18-27-55)105-85(130)69-47-57(116)51-113(69)87(64)132/h16-18,21-22,26-28,30,49,54,57,60-69,76,97,114-116H,3-15,19-20,23-25,29,31-48,50-53,89H2,1-2H3,(H2,90,117)(H2,91,122)(H,94,119)(H,95,118)(H,98,121)(H,99,127)(H,100,126)(H,101,129)(H,102,131)(H,103,123)(H,104,124)(H,105,130)(H,106,125)(H,107,128)(H,108,120)(H4,92,93,96)(H,109,110,111,112)/t54-,57-,60+,61+,62+,63+,64+,65-,66+,67+,68+,69+,76+/m1/s1. The Bertz CT molecular complexity index is 4410. The molecule has 28 N–H and O–H groups in total. The molecular formula is C88H139N25O21. The molecule has 2 aliphatic heterocycles. The van der Waals surface area contributed by atoms with E-state index >= 15 is 4.79 Å². The van der Waals surface area contributed by atoms with E-state index in [9.17, 15) is 87.2 Å². The zero-order chi connectivity index (χ0) is 97.7. The highest BCUT2D eigenvalue weighted by atomic mass is 16.5. The van der Waals surface area contributed by atoms with Gasteiger partial charge in [-0.1, -0.05) is 139 Å². The van der Waals surface area contributed by atoms with Gasteiger partial charge in [-0.25, -0.2) is 5.10 Å². The molecule has 0 aliphatic carbocycles. The van der Waals surface area contributed by atoms with E-state index in [0.29, 0.717) is 34.9 Å². The molecule has 2 fully saturated rings. The number of benzene rings is 2. The van der Waals surface area contributed by atoms with E-state index in [2.05, 4.69) is 100 Å². The first kappa shape index (κ1) is 110. The van der Waals surface area contributed by atoms with E-state index in [1.165, 1.54) is 51.4 Å². The number of H-pyrrole nitrogens is 2. The second kappa shape index (κ2) is 61.4. The molecular weight excluding hydrogens is 1740 g/mol. The Balaban J connectivity index is 1.04. The number of nitrogens with two attached hydrogens (primary N) is 4. The smallest absolute Gasteiger partial charge is 0.246 e. The van der Waals surface area contributed by atoms with Gasteiger partial charge < -0.3 is 132 Å². The number of para-hydroxylation sites is 1. The number of fused-ring (bicyclic) bond motifs is 2. The number of aromatic amines is 2. The maximum atomic E-state index is 15.2. The molecule has 0 radical (unpaired) electrons. The molecule has 4 aromatic rings. The Morgan fingerprint density at radius 1 is 0.612 bits per heavy atom. The molecule has 2 aromatic carbocycles. The van der Waals surface area contributed by atoms with Gasteiger partial charge >= 0.3 is 0 Å². The monoisotopic (exact) mass is 1880 g/mol. The Morgan fingerprint density at radius 3 is 1.89 bits per heavy atom. The van der Waals surface area contributed by atoms with Gasteiger partial charge in [-0.05, 0) is 98.8 Å². The van der Waals surface area contributed by atoms with E-state index < -0.39 is 232 Å². The summed E-state index contributed by atoms with van der Waals surface area (Å²) in [7, 11) is 0. The quantitative estimate of drug-likeness (QED) is 0.0113. The number of primary amides is 2. The molecule has 4 heterocycles. The van der Waals surface area contributed by atoms with Crippen molar-refractivity contribution in [3.05, 3.63) is 77.7 Å². The van der Waals surface area contributed by atoms with Crippen LogP contribution in [-0.4, -0.2) is 297 Å². The summed E-state index contributed by atoms with van der Waals surface area (Å²) in [6.45, 7) is -0.166. The second-order valence-corrected chi connectivity index (χ2v) is 33.6. The van der Waals surface area contributed by atoms with E-state index in [4.69, 9.17) is 37.8 Å². The third-order valence-corrected chi connectivity index (χ3v) is 22.7. The van der Waals surface area contributed by atoms with Gasteiger partial charge in [0, 0.05) is 94.8 Å². The number of carbonyl (C=O) groups excluding carboxylic acids is 16. The number of guanidine groups is 1. The molecule has 13 atom stereocenters. The summed E-state index contributed by atoms with van der Waals surface area (Å²) in [6, 6.07) is -2.29. The van der Waals surface area contributed by atoms with Crippen LogP contribution in [0.25, 0.3) is 10.9 Å². The molecule has 0 spiro atoms. The van der Waals surface area contributed by atoms with Gasteiger partial charge in [0.1, 0.15) is 78.9 Å². The van der Waals surface area contributed by atoms with Gasteiger partial charge in [-0.3, -0.25) is 82.1 Å². The molecule has 134 heavy (non-hydrogen) atoms. The first-order valence-electron chi connectivity index (χ1n) is 46.3. The van der Waals surface area contributed by atoms with Gasteiger partial charge in [0.15, 0.2) is 5.96 Å². The number of aromatic nitrogens is 5. The number of hydrogen-bond acceptors (Lipinski definition) is 26. The average molecular weight is 1880 g/mol. The molecule has 2 saturated heterocycles. The van der Waals surface area contributed by atoms with Gasteiger partial charge in [-0.2, -0.15) is 0 Å².